The number of aromatic nitrogens is 1. The Morgan fingerprint density at radius 3 is 2.94 bits per heavy atom. The van der Waals surface area contributed by atoms with E-state index >= 15 is 0 Å². The highest BCUT2D eigenvalue weighted by Crippen LogP contribution is 2.04. The van der Waals surface area contributed by atoms with E-state index in [4.69, 9.17) is 5.73 Å². The van der Waals surface area contributed by atoms with Crippen LogP contribution in [0.15, 0.2) is 23.5 Å². The van der Waals surface area contributed by atoms with Gasteiger partial charge in [0, 0.05) is 25.5 Å². The fraction of sp³-hybridized carbons (Fsp3) is 0.500. The van der Waals surface area contributed by atoms with Crippen LogP contribution in [-0.4, -0.2) is 24.0 Å². The van der Waals surface area contributed by atoms with Crippen molar-refractivity contribution in [3.63, 3.8) is 0 Å². The maximum absolute atomic E-state index is 5.69. The van der Waals surface area contributed by atoms with Gasteiger partial charge in [0.2, 0.25) is 0 Å². The third-order valence-corrected chi connectivity index (χ3v) is 2.34. The Morgan fingerprint density at radius 1 is 1.53 bits per heavy atom. The van der Waals surface area contributed by atoms with Gasteiger partial charge in [0.1, 0.15) is 0 Å². The van der Waals surface area contributed by atoms with Crippen molar-refractivity contribution in [3.8, 4) is 0 Å². The molecule has 3 N–H and O–H groups in total. The third-order valence-electron chi connectivity index (χ3n) is 2.34. The quantitative estimate of drug-likeness (QED) is 0.485. The summed E-state index contributed by atoms with van der Waals surface area (Å²) in [6.07, 6.45) is 5.66. The molecule has 96 valence electrons. The Hall–Kier alpha value is -0.850. The molecule has 17 heavy (non-hydrogen) atoms. The summed E-state index contributed by atoms with van der Waals surface area (Å²) < 4.78 is 0. The zero-order chi connectivity index (χ0) is 11.8. The second-order valence-electron chi connectivity index (χ2n) is 3.75. The van der Waals surface area contributed by atoms with Crippen molar-refractivity contribution in [3.05, 3.63) is 29.6 Å². The van der Waals surface area contributed by atoms with Crippen LogP contribution in [0.1, 0.15) is 24.5 Å². The first-order chi connectivity index (χ1) is 7.74. The van der Waals surface area contributed by atoms with Crippen molar-refractivity contribution in [1.82, 2.24) is 10.3 Å². The molecule has 0 radical (unpaired) electrons. The summed E-state index contributed by atoms with van der Waals surface area (Å²) >= 11 is 0. The standard InChI is InChI=1S/C12H20N4.HI/c1-3-6-15-12(13)16-8-5-11-4-7-14-9-10(11)2;/h4,7,9H,3,5-6,8H2,1-2H3,(H3,13,15,16);1H. The van der Waals surface area contributed by atoms with Gasteiger partial charge in [-0.05, 0) is 37.0 Å². The molecule has 0 unspecified atom stereocenters. The Kier molecular flexibility index (Phi) is 8.75. The minimum absolute atomic E-state index is 0. The first-order valence-electron chi connectivity index (χ1n) is 5.67. The molecule has 1 rings (SSSR count). The molecule has 0 fully saturated rings. The maximum atomic E-state index is 5.69. The van der Waals surface area contributed by atoms with Crippen molar-refractivity contribution in [1.29, 1.82) is 0 Å². The zero-order valence-corrected chi connectivity index (χ0v) is 12.8. The van der Waals surface area contributed by atoms with Crippen LogP contribution < -0.4 is 11.1 Å². The minimum Gasteiger partial charge on any atom is -0.370 e. The molecular weight excluding hydrogens is 327 g/mol. The van der Waals surface area contributed by atoms with Crippen molar-refractivity contribution in [2.24, 2.45) is 10.7 Å². The van der Waals surface area contributed by atoms with Gasteiger partial charge in [-0.1, -0.05) is 6.92 Å². The van der Waals surface area contributed by atoms with E-state index in [-0.39, 0.29) is 24.0 Å². The summed E-state index contributed by atoms with van der Waals surface area (Å²) in [7, 11) is 0. The van der Waals surface area contributed by atoms with E-state index in [1.165, 1.54) is 11.1 Å². The molecular formula is C12H21IN4. The van der Waals surface area contributed by atoms with E-state index in [1.807, 2.05) is 18.5 Å². The summed E-state index contributed by atoms with van der Waals surface area (Å²) in [5.41, 5.74) is 8.20. The SMILES string of the molecule is CCCN=C(N)NCCc1ccncc1C.I. The summed E-state index contributed by atoms with van der Waals surface area (Å²) in [5, 5.41) is 3.10. The molecule has 0 aliphatic rings. The van der Waals surface area contributed by atoms with Crippen LogP contribution in [0.25, 0.3) is 0 Å². The number of hydrogen-bond acceptors (Lipinski definition) is 2. The highest BCUT2D eigenvalue weighted by molar-refractivity contribution is 14.0. The van der Waals surface area contributed by atoms with Gasteiger partial charge in [-0.25, -0.2) is 0 Å². The van der Waals surface area contributed by atoms with E-state index in [2.05, 4.69) is 29.1 Å². The van der Waals surface area contributed by atoms with Crippen LogP contribution in [0.2, 0.25) is 0 Å². The van der Waals surface area contributed by atoms with Crippen molar-refractivity contribution in [2.45, 2.75) is 26.7 Å². The number of nitrogens with zero attached hydrogens (tertiary/aromatic N) is 2. The van der Waals surface area contributed by atoms with Gasteiger partial charge in [-0.3, -0.25) is 9.98 Å². The highest BCUT2D eigenvalue weighted by atomic mass is 127. The fourth-order valence-corrected chi connectivity index (χ4v) is 1.40. The molecule has 0 saturated heterocycles. The lowest BCUT2D eigenvalue weighted by atomic mass is 10.1. The van der Waals surface area contributed by atoms with Gasteiger partial charge < -0.3 is 11.1 Å². The number of halogens is 1. The maximum Gasteiger partial charge on any atom is 0.188 e. The average molecular weight is 348 g/mol. The highest BCUT2D eigenvalue weighted by Gasteiger charge is 1.97. The lowest BCUT2D eigenvalue weighted by Crippen LogP contribution is -2.33. The molecule has 0 aliphatic carbocycles. The van der Waals surface area contributed by atoms with Gasteiger partial charge >= 0.3 is 0 Å². The average Bonchev–Trinajstić information content (AvgIpc) is 2.29. The zero-order valence-electron chi connectivity index (χ0n) is 10.4. The lowest BCUT2D eigenvalue weighted by molar-refractivity contribution is 0.834. The molecule has 1 aromatic heterocycles. The number of guanidine groups is 1. The Morgan fingerprint density at radius 2 is 2.29 bits per heavy atom. The first-order valence-corrected chi connectivity index (χ1v) is 5.67. The molecule has 5 heteroatoms. The number of rotatable bonds is 5. The summed E-state index contributed by atoms with van der Waals surface area (Å²) in [4.78, 5) is 8.23. The third kappa shape index (κ3) is 6.45. The van der Waals surface area contributed by atoms with Gasteiger partial charge in [0.05, 0.1) is 0 Å². The van der Waals surface area contributed by atoms with Gasteiger partial charge in [0.25, 0.3) is 0 Å². The lowest BCUT2D eigenvalue weighted by Gasteiger charge is -2.07. The van der Waals surface area contributed by atoms with E-state index in [1.54, 1.807) is 0 Å². The predicted octanol–water partition coefficient (Wildman–Crippen LogP) is 1.86. The molecule has 0 spiro atoms. The van der Waals surface area contributed by atoms with E-state index in [9.17, 15) is 0 Å². The van der Waals surface area contributed by atoms with Gasteiger partial charge in [-0.15, -0.1) is 24.0 Å². The number of pyridine rings is 1. The van der Waals surface area contributed by atoms with E-state index in [0.717, 1.165) is 25.9 Å². The van der Waals surface area contributed by atoms with Crippen LogP contribution >= 0.6 is 24.0 Å². The fourth-order valence-electron chi connectivity index (χ4n) is 1.40. The number of nitrogens with one attached hydrogen (secondary N) is 1. The van der Waals surface area contributed by atoms with Gasteiger partial charge in [0.15, 0.2) is 5.96 Å². The van der Waals surface area contributed by atoms with Crippen LogP contribution in [-0.2, 0) is 6.42 Å². The van der Waals surface area contributed by atoms with Gasteiger partial charge in [-0.2, -0.15) is 0 Å². The van der Waals surface area contributed by atoms with Crippen molar-refractivity contribution in [2.75, 3.05) is 13.1 Å². The van der Waals surface area contributed by atoms with E-state index in [0.29, 0.717) is 5.96 Å². The largest absolute Gasteiger partial charge is 0.370 e. The van der Waals surface area contributed by atoms with Crippen LogP contribution in [0.5, 0.6) is 0 Å². The number of aryl methyl sites for hydroxylation is 1. The monoisotopic (exact) mass is 348 g/mol. The predicted molar refractivity (Wildman–Crippen MR) is 82.9 cm³/mol. The molecule has 0 saturated carbocycles. The normalized spacial score (nSPS) is 10.8. The van der Waals surface area contributed by atoms with Crippen LogP contribution in [0, 0.1) is 6.92 Å². The van der Waals surface area contributed by atoms with E-state index < -0.39 is 0 Å². The topological polar surface area (TPSA) is 63.3 Å². The first kappa shape index (κ1) is 16.1. The smallest absolute Gasteiger partial charge is 0.188 e. The second kappa shape index (κ2) is 9.21. The molecule has 0 aliphatic heterocycles. The molecule has 0 bridgehead atoms. The number of aliphatic imine (C=N–C) groups is 1. The second-order valence-corrected chi connectivity index (χ2v) is 3.75. The van der Waals surface area contributed by atoms with Crippen LogP contribution in [0.3, 0.4) is 0 Å². The summed E-state index contributed by atoms with van der Waals surface area (Å²) in [5.74, 6) is 0.536. The van der Waals surface area contributed by atoms with Crippen molar-refractivity contribution >= 4 is 29.9 Å². The molecule has 1 aromatic rings. The number of hydrogen-bond donors (Lipinski definition) is 2. The summed E-state index contributed by atoms with van der Waals surface area (Å²) in [6, 6.07) is 2.04. The Labute approximate surface area is 120 Å². The molecule has 1 heterocycles. The van der Waals surface area contributed by atoms with Crippen LogP contribution in [0.4, 0.5) is 0 Å². The molecule has 4 nitrogen and oxygen atoms in total. The summed E-state index contributed by atoms with van der Waals surface area (Å²) in [6.45, 7) is 5.74. The number of nitrogens with two attached hydrogens (primary N) is 1. The minimum atomic E-state index is 0. The van der Waals surface area contributed by atoms with Crippen molar-refractivity contribution < 1.29 is 0 Å². The molecule has 0 amide bonds. The molecule has 0 atom stereocenters. The Balaban J connectivity index is 0.00000256. The molecule has 0 aromatic carbocycles. The Bertz CT molecular complexity index is 352.